The topological polar surface area (TPSA) is 52.6 Å². The Morgan fingerprint density at radius 3 is 1.18 bits per heavy atom. The van der Waals surface area contributed by atoms with Crippen LogP contribution in [0, 0.1) is 11.8 Å². The average molecular weight is 521 g/mol. The number of ether oxygens (including phenoxy) is 2. The summed E-state index contributed by atoms with van der Waals surface area (Å²) in [5.41, 5.74) is 0. The number of thiol groups is 2. The minimum atomic E-state index is -0.231. The number of carbonyl (C=O) groups excluding carboxylic acids is 2. The molecule has 0 bridgehead atoms. The van der Waals surface area contributed by atoms with Gasteiger partial charge in [0.15, 0.2) is 0 Å². The summed E-state index contributed by atoms with van der Waals surface area (Å²) in [5.74, 6) is 1.26. The highest BCUT2D eigenvalue weighted by atomic mass is 32.1. The fourth-order valence-electron chi connectivity index (χ4n) is 3.20. The van der Waals surface area contributed by atoms with Gasteiger partial charge in [-0.05, 0) is 37.5 Å². The van der Waals surface area contributed by atoms with Crippen LogP contribution >= 0.6 is 25.3 Å². The first-order valence-corrected chi connectivity index (χ1v) is 14.9. The number of esters is 2. The van der Waals surface area contributed by atoms with Gasteiger partial charge in [0, 0.05) is 0 Å². The smallest absolute Gasteiger partial charge is 0.318 e. The van der Waals surface area contributed by atoms with Crippen LogP contribution in [0.4, 0.5) is 0 Å². The van der Waals surface area contributed by atoms with Gasteiger partial charge >= 0.3 is 11.9 Å². The van der Waals surface area contributed by atoms with Crippen molar-refractivity contribution in [3.05, 3.63) is 0 Å². The first kappa shape index (κ1) is 35.8. The van der Waals surface area contributed by atoms with Crippen molar-refractivity contribution >= 4 is 37.2 Å². The Kier molecular flexibility index (Phi) is 27.1. The zero-order valence-electron chi connectivity index (χ0n) is 23.2. The van der Waals surface area contributed by atoms with E-state index in [0.717, 1.165) is 63.2 Å². The standard InChI is InChI=1S/2C14H28O2S/c2*1-4-5-11-16-14(15)13(17)10-8-6-7-9-12(2)3/h2*12-13,17H,4-11H2,1-3H3. The van der Waals surface area contributed by atoms with Crippen molar-refractivity contribution in [1.82, 2.24) is 0 Å². The maximum atomic E-state index is 11.5. The van der Waals surface area contributed by atoms with E-state index in [1.807, 2.05) is 0 Å². The molecule has 0 N–H and O–H groups in total. The van der Waals surface area contributed by atoms with E-state index < -0.39 is 0 Å². The number of hydrogen-bond donors (Lipinski definition) is 2. The molecule has 204 valence electrons. The molecule has 0 rings (SSSR count). The fraction of sp³-hybridized carbons (Fsp3) is 0.929. The van der Waals surface area contributed by atoms with Crippen molar-refractivity contribution in [2.45, 2.75) is 142 Å². The third kappa shape index (κ3) is 26.2. The molecule has 6 heteroatoms. The van der Waals surface area contributed by atoms with E-state index in [-0.39, 0.29) is 22.4 Å². The number of hydrogen-bond acceptors (Lipinski definition) is 6. The van der Waals surface area contributed by atoms with Gasteiger partial charge in [-0.3, -0.25) is 9.59 Å². The van der Waals surface area contributed by atoms with E-state index in [1.165, 1.54) is 38.5 Å². The van der Waals surface area contributed by atoms with Crippen LogP contribution in [0.5, 0.6) is 0 Å². The zero-order chi connectivity index (χ0) is 26.2. The van der Waals surface area contributed by atoms with Crippen molar-refractivity contribution in [3.8, 4) is 0 Å². The van der Waals surface area contributed by atoms with Crippen molar-refractivity contribution in [3.63, 3.8) is 0 Å². The molecular weight excluding hydrogens is 464 g/mol. The maximum absolute atomic E-state index is 11.5. The molecule has 0 heterocycles. The molecule has 0 fully saturated rings. The molecule has 0 saturated heterocycles. The van der Waals surface area contributed by atoms with Crippen molar-refractivity contribution in [1.29, 1.82) is 0 Å². The van der Waals surface area contributed by atoms with Crippen LogP contribution in [0.3, 0.4) is 0 Å². The second-order valence-electron chi connectivity index (χ2n) is 10.1. The van der Waals surface area contributed by atoms with E-state index in [0.29, 0.717) is 13.2 Å². The summed E-state index contributed by atoms with van der Waals surface area (Å²) in [6, 6.07) is 0. The molecule has 0 aliphatic rings. The molecule has 0 saturated carbocycles. The van der Waals surface area contributed by atoms with Gasteiger partial charge in [-0.1, -0.05) is 106 Å². The van der Waals surface area contributed by atoms with E-state index in [9.17, 15) is 9.59 Å². The van der Waals surface area contributed by atoms with Crippen LogP contribution in [0.25, 0.3) is 0 Å². The van der Waals surface area contributed by atoms with E-state index >= 15 is 0 Å². The monoisotopic (exact) mass is 520 g/mol. The Bertz CT molecular complexity index is 427. The Balaban J connectivity index is 0. The second kappa shape index (κ2) is 25.7. The predicted molar refractivity (Wildman–Crippen MR) is 153 cm³/mol. The molecule has 0 aromatic heterocycles. The highest BCUT2D eigenvalue weighted by Gasteiger charge is 2.15. The van der Waals surface area contributed by atoms with Gasteiger partial charge in [-0.25, -0.2) is 0 Å². The molecule has 2 unspecified atom stereocenters. The van der Waals surface area contributed by atoms with Crippen molar-refractivity contribution in [2.75, 3.05) is 13.2 Å². The molecule has 0 aromatic carbocycles. The van der Waals surface area contributed by atoms with Crippen LogP contribution in [-0.4, -0.2) is 35.7 Å². The predicted octanol–water partition coefficient (Wildman–Crippen LogP) is 8.47. The van der Waals surface area contributed by atoms with Crippen LogP contribution < -0.4 is 0 Å². The third-order valence-electron chi connectivity index (χ3n) is 5.55. The Morgan fingerprint density at radius 1 is 0.559 bits per heavy atom. The largest absolute Gasteiger partial charge is 0.465 e. The lowest BCUT2D eigenvalue weighted by Crippen LogP contribution is -2.18. The van der Waals surface area contributed by atoms with Gasteiger partial charge in [0.1, 0.15) is 0 Å². The molecule has 0 aliphatic heterocycles. The average Bonchev–Trinajstić information content (AvgIpc) is 2.78. The Labute approximate surface area is 222 Å². The molecule has 4 nitrogen and oxygen atoms in total. The number of rotatable bonds is 20. The molecule has 0 amide bonds. The van der Waals surface area contributed by atoms with E-state index in [1.54, 1.807) is 0 Å². The molecule has 2 atom stereocenters. The van der Waals surface area contributed by atoms with Crippen molar-refractivity contribution in [2.24, 2.45) is 11.8 Å². The fourth-order valence-corrected chi connectivity index (χ4v) is 3.71. The summed E-state index contributed by atoms with van der Waals surface area (Å²) < 4.78 is 10.2. The van der Waals surface area contributed by atoms with Gasteiger partial charge in [0.25, 0.3) is 0 Å². The molecule has 0 spiro atoms. The van der Waals surface area contributed by atoms with E-state index in [2.05, 4.69) is 66.8 Å². The summed E-state index contributed by atoms with van der Waals surface area (Å²) in [6.07, 6.45) is 15.3. The summed E-state index contributed by atoms with van der Waals surface area (Å²) in [7, 11) is 0. The van der Waals surface area contributed by atoms with Crippen molar-refractivity contribution < 1.29 is 19.1 Å². The lowest BCUT2D eigenvalue weighted by molar-refractivity contribution is -0.144. The number of carbonyl (C=O) groups is 2. The molecule has 0 radical (unpaired) electrons. The molecule has 34 heavy (non-hydrogen) atoms. The lowest BCUT2D eigenvalue weighted by Gasteiger charge is -2.10. The molecular formula is C28H56O4S2. The normalized spacial score (nSPS) is 12.8. The van der Waals surface area contributed by atoms with Gasteiger partial charge in [0.05, 0.1) is 23.7 Å². The van der Waals surface area contributed by atoms with Crippen LogP contribution in [0.2, 0.25) is 0 Å². The maximum Gasteiger partial charge on any atom is 0.318 e. The number of unbranched alkanes of at least 4 members (excludes halogenated alkanes) is 6. The van der Waals surface area contributed by atoms with Crippen LogP contribution in [0.15, 0.2) is 0 Å². The SMILES string of the molecule is CCCCOC(=O)C(S)CCCCCC(C)C.CCCCOC(=O)C(S)CCCCCC(C)C. The Morgan fingerprint density at radius 2 is 0.882 bits per heavy atom. The van der Waals surface area contributed by atoms with Crippen LogP contribution in [0.1, 0.15) is 131 Å². The Hall–Kier alpha value is -0.360. The van der Waals surface area contributed by atoms with Gasteiger partial charge in [-0.2, -0.15) is 25.3 Å². The minimum Gasteiger partial charge on any atom is -0.465 e. The third-order valence-corrected chi connectivity index (χ3v) is 6.48. The molecule has 0 aliphatic carbocycles. The lowest BCUT2D eigenvalue weighted by atomic mass is 10.0. The molecule has 0 aromatic rings. The summed E-state index contributed by atoms with van der Waals surface area (Å²) in [6.45, 7) is 14.2. The zero-order valence-corrected chi connectivity index (χ0v) is 24.9. The second-order valence-corrected chi connectivity index (χ2v) is 11.4. The first-order chi connectivity index (χ1) is 16.1. The highest BCUT2D eigenvalue weighted by Crippen LogP contribution is 2.15. The highest BCUT2D eigenvalue weighted by molar-refractivity contribution is 7.82. The summed E-state index contributed by atoms with van der Waals surface area (Å²) in [4.78, 5) is 23.0. The van der Waals surface area contributed by atoms with Crippen LogP contribution in [-0.2, 0) is 19.1 Å². The quantitative estimate of drug-likeness (QED) is 0.0960. The van der Waals surface area contributed by atoms with Gasteiger partial charge < -0.3 is 9.47 Å². The van der Waals surface area contributed by atoms with Gasteiger partial charge in [-0.15, -0.1) is 0 Å². The minimum absolute atomic E-state index is 0.148. The van der Waals surface area contributed by atoms with Gasteiger partial charge in [0.2, 0.25) is 0 Å². The summed E-state index contributed by atoms with van der Waals surface area (Å²) >= 11 is 8.59. The van der Waals surface area contributed by atoms with E-state index in [4.69, 9.17) is 9.47 Å². The first-order valence-electron chi connectivity index (χ1n) is 13.8. The summed E-state index contributed by atoms with van der Waals surface area (Å²) in [5, 5.41) is -0.461.